The summed E-state index contributed by atoms with van der Waals surface area (Å²) in [5, 5.41) is 4.69. The van der Waals surface area contributed by atoms with Gasteiger partial charge in [-0.15, -0.1) is 11.3 Å². The number of rotatable bonds is 7. The van der Waals surface area contributed by atoms with Crippen molar-refractivity contribution in [1.29, 1.82) is 0 Å². The number of carbonyl (C=O) groups excluding carboxylic acids is 2. The van der Waals surface area contributed by atoms with Crippen LogP contribution in [0.5, 0.6) is 0 Å². The van der Waals surface area contributed by atoms with Gasteiger partial charge in [-0.05, 0) is 25.1 Å². The second-order valence-electron chi connectivity index (χ2n) is 7.09. The molecule has 2 amide bonds. The van der Waals surface area contributed by atoms with Crippen molar-refractivity contribution in [2.24, 2.45) is 4.99 Å². The number of hydrogen-bond acceptors (Lipinski definition) is 7. The quantitative estimate of drug-likeness (QED) is 0.253. The summed E-state index contributed by atoms with van der Waals surface area (Å²) in [5.74, 6) is -2.18. The van der Waals surface area contributed by atoms with Gasteiger partial charge in [-0.2, -0.15) is 13.2 Å². The number of thiazole rings is 1. The SMILES string of the molecule is C/N=C(\C=C\C(=O)NC(C)c1ncc(C(=O)Nc2cc(C(F)(F)F)c(Cl)cn2)s1)c1ccncc1F. The van der Waals surface area contributed by atoms with E-state index in [0.717, 1.165) is 23.7 Å². The van der Waals surface area contributed by atoms with Crippen LogP contribution in [0.2, 0.25) is 5.02 Å². The summed E-state index contributed by atoms with van der Waals surface area (Å²) in [6.45, 7) is 1.62. The van der Waals surface area contributed by atoms with E-state index >= 15 is 0 Å². The maximum absolute atomic E-state index is 13.9. The molecule has 0 aromatic carbocycles. The summed E-state index contributed by atoms with van der Waals surface area (Å²) < 4.78 is 52.9. The van der Waals surface area contributed by atoms with Crippen LogP contribution in [0.3, 0.4) is 0 Å². The Hall–Kier alpha value is -3.71. The van der Waals surface area contributed by atoms with E-state index in [4.69, 9.17) is 11.6 Å². The minimum Gasteiger partial charge on any atom is -0.344 e. The zero-order valence-electron chi connectivity index (χ0n) is 18.6. The molecule has 14 heteroatoms. The van der Waals surface area contributed by atoms with Crippen molar-refractivity contribution in [3.63, 3.8) is 0 Å². The zero-order chi connectivity index (χ0) is 26.5. The van der Waals surface area contributed by atoms with Gasteiger partial charge < -0.3 is 10.6 Å². The molecule has 3 aromatic rings. The largest absolute Gasteiger partial charge is 0.418 e. The molecule has 0 radical (unpaired) electrons. The minimum absolute atomic E-state index is 0.0838. The van der Waals surface area contributed by atoms with Crippen molar-refractivity contribution >= 4 is 46.3 Å². The van der Waals surface area contributed by atoms with Gasteiger partial charge in [-0.1, -0.05) is 11.6 Å². The Morgan fingerprint density at radius 2 is 1.94 bits per heavy atom. The molecule has 3 rings (SSSR count). The lowest BCUT2D eigenvalue weighted by Gasteiger charge is -2.10. The number of nitrogens with zero attached hydrogens (tertiary/aromatic N) is 4. The predicted molar refractivity (Wildman–Crippen MR) is 127 cm³/mol. The summed E-state index contributed by atoms with van der Waals surface area (Å²) in [5.41, 5.74) is -0.722. The van der Waals surface area contributed by atoms with E-state index in [0.29, 0.717) is 11.1 Å². The molecule has 0 fully saturated rings. The molecule has 8 nitrogen and oxygen atoms in total. The van der Waals surface area contributed by atoms with Gasteiger partial charge in [0.2, 0.25) is 5.91 Å². The number of nitrogens with one attached hydrogen (secondary N) is 2. The fourth-order valence-electron chi connectivity index (χ4n) is 2.84. The number of aliphatic imine (C=N–C) groups is 1. The Kier molecular flexibility index (Phi) is 8.48. The molecule has 0 spiro atoms. The normalized spacial score (nSPS) is 13.0. The van der Waals surface area contributed by atoms with Crippen LogP contribution in [0, 0.1) is 5.82 Å². The van der Waals surface area contributed by atoms with Crippen LogP contribution in [-0.2, 0) is 11.0 Å². The number of allylic oxidation sites excluding steroid dienone is 1. The van der Waals surface area contributed by atoms with Gasteiger partial charge >= 0.3 is 6.18 Å². The first-order valence-corrected chi connectivity index (χ1v) is 11.2. The maximum Gasteiger partial charge on any atom is 0.418 e. The molecule has 1 unspecified atom stereocenters. The highest BCUT2D eigenvalue weighted by Crippen LogP contribution is 2.35. The number of halogens is 5. The van der Waals surface area contributed by atoms with E-state index in [9.17, 15) is 27.2 Å². The number of anilines is 1. The molecule has 2 N–H and O–H groups in total. The second-order valence-corrected chi connectivity index (χ2v) is 8.56. The van der Waals surface area contributed by atoms with Crippen LogP contribution in [0.4, 0.5) is 23.4 Å². The molecule has 0 aliphatic rings. The van der Waals surface area contributed by atoms with E-state index in [-0.39, 0.29) is 22.0 Å². The fourth-order valence-corrected chi connectivity index (χ4v) is 3.87. The van der Waals surface area contributed by atoms with Crippen LogP contribution >= 0.6 is 22.9 Å². The molecule has 36 heavy (non-hydrogen) atoms. The number of carbonyl (C=O) groups is 2. The molecule has 1 atom stereocenters. The lowest BCUT2D eigenvalue weighted by Crippen LogP contribution is -2.24. The first-order valence-electron chi connectivity index (χ1n) is 10.0. The Balaban J connectivity index is 1.64. The van der Waals surface area contributed by atoms with Gasteiger partial charge in [-0.3, -0.25) is 19.6 Å². The first-order chi connectivity index (χ1) is 17.0. The van der Waals surface area contributed by atoms with Crippen molar-refractivity contribution in [2.75, 3.05) is 12.4 Å². The molecule has 0 saturated heterocycles. The minimum atomic E-state index is -4.71. The topological polar surface area (TPSA) is 109 Å². The number of pyridine rings is 2. The highest BCUT2D eigenvalue weighted by molar-refractivity contribution is 7.13. The lowest BCUT2D eigenvalue weighted by atomic mass is 10.1. The lowest BCUT2D eigenvalue weighted by molar-refractivity contribution is -0.137. The molecule has 188 valence electrons. The summed E-state index contributed by atoms with van der Waals surface area (Å²) in [7, 11) is 1.45. The van der Waals surface area contributed by atoms with E-state index in [2.05, 4.69) is 30.6 Å². The molecule has 3 heterocycles. The number of aromatic nitrogens is 3. The summed E-state index contributed by atoms with van der Waals surface area (Å²) in [4.78, 5) is 40.2. The predicted octanol–water partition coefficient (Wildman–Crippen LogP) is 4.85. The Bertz CT molecular complexity index is 1340. The number of hydrogen-bond donors (Lipinski definition) is 2. The van der Waals surface area contributed by atoms with E-state index in [1.165, 1.54) is 37.7 Å². The third kappa shape index (κ3) is 6.70. The third-order valence-electron chi connectivity index (χ3n) is 4.56. The molecular formula is C22H17ClF4N6O2S. The molecule has 0 saturated carbocycles. The van der Waals surface area contributed by atoms with Gasteiger partial charge in [0, 0.05) is 31.1 Å². The van der Waals surface area contributed by atoms with Crippen molar-refractivity contribution in [3.05, 3.63) is 80.9 Å². The van der Waals surface area contributed by atoms with Gasteiger partial charge in [-0.25, -0.2) is 14.4 Å². The van der Waals surface area contributed by atoms with Crippen LogP contribution in [0.15, 0.2) is 54.1 Å². The van der Waals surface area contributed by atoms with Crippen LogP contribution < -0.4 is 10.6 Å². The average Bonchev–Trinajstić information content (AvgIpc) is 3.32. The molecule has 0 bridgehead atoms. The van der Waals surface area contributed by atoms with E-state index in [1.807, 2.05) is 0 Å². The number of alkyl halides is 3. The smallest absolute Gasteiger partial charge is 0.344 e. The summed E-state index contributed by atoms with van der Waals surface area (Å²) in [6, 6.07) is 1.44. The molecule has 0 aliphatic heterocycles. The van der Waals surface area contributed by atoms with Gasteiger partial charge in [0.1, 0.15) is 15.7 Å². The second kappa shape index (κ2) is 11.4. The van der Waals surface area contributed by atoms with Crippen LogP contribution in [0.25, 0.3) is 0 Å². The van der Waals surface area contributed by atoms with E-state index in [1.54, 1.807) is 6.92 Å². The van der Waals surface area contributed by atoms with Gasteiger partial charge in [0.25, 0.3) is 5.91 Å². The molecular weight excluding hydrogens is 524 g/mol. The molecule has 3 aromatic heterocycles. The third-order valence-corrected chi connectivity index (χ3v) is 6.04. The van der Waals surface area contributed by atoms with Crippen LogP contribution in [0.1, 0.15) is 38.8 Å². The van der Waals surface area contributed by atoms with Crippen molar-refractivity contribution < 1.29 is 27.2 Å². The first kappa shape index (κ1) is 26.9. The molecule has 0 aliphatic carbocycles. The Morgan fingerprint density at radius 1 is 1.19 bits per heavy atom. The van der Waals surface area contributed by atoms with Gasteiger partial charge in [0.05, 0.1) is 34.7 Å². The average molecular weight is 541 g/mol. The van der Waals surface area contributed by atoms with E-state index < -0.39 is 40.4 Å². The standard InChI is InChI=1S/C22H17ClF4N6O2S/c1-11(32-19(34)4-3-16(28-2)12-5-6-29-9-15(12)24)21-31-10-17(36-21)20(35)33-18-7-13(22(25,26)27)14(23)8-30-18/h3-11H,1-2H3,(H,32,34)(H,30,33,35)/b4-3+,28-16+. The summed E-state index contributed by atoms with van der Waals surface area (Å²) >= 11 is 6.46. The highest BCUT2D eigenvalue weighted by atomic mass is 35.5. The van der Waals surface area contributed by atoms with Crippen molar-refractivity contribution in [1.82, 2.24) is 20.3 Å². The monoisotopic (exact) mass is 540 g/mol. The van der Waals surface area contributed by atoms with Crippen LogP contribution in [-0.4, -0.2) is 39.5 Å². The van der Waals surface area contributed by atoms with Gasteiger partial charge in [0.15, 0.2) is 5.82 Å². The summed E-state index contributed by atoms with van der Waals surface area (Å²) in [6.07, 6.45) is 2.25. The number of amides is 2. The Morgan fingerprint density at radius 3 is 2.61 bits per heavy atom. The fraction of sp³-hybridized carbons (Fsp3) is 0.182. The zero-order valence-corrected chi connectivity index (χ0v) is 20.2. The highest BCUT2D eigenvalue weighted by Gasteiger charge is 2.34. The maximum atomic E-state index is 13.9. The Labute approximate surface area is 211 Å². The van der Waals surface area contributed by atoms with Crippen molar-refractivity contribution in [3.8, 4) is 0 Å². The van der Waals surface area contributed by atoms with Crippen molar-refractivity contribution in [2.45, 2.75) is 19.1 Å².